The van der Waals surface area contributed by atoms with Crippen LogP contribution < -0.4 is 0 Å². The zero-order valence-corrected chi connectivity index (χ0v) is 8.68. The average molecular weight is 210 g/mol. The molecule has 0 bridgehead atoms. The van der Waals surface area contributed by atoms with Crippen molar-refractivity contribution in [1.82, 2.24) is 0 Å². The standard InChI is InChI=1S/C11H14O4/c1-5(2)3-7(12)6-4-8(13)10-11(15-10)9(6)14/h3-4,7-8,10-13H,1-2H3/t7?,8-,10+,11-/m1/s1. The number of aliphatic hydroxyl groups is 2. The molecule has 1 aliphatic carbocycles. The molecule has 2 rings (SSSR count). The molecule has 82 valence electrons. The molecule has 15 heavy (non-hydrogen) atoms. The van der Waals surface area contributed by atoms with E-state index in [1.807, 2.05) is 13.8 Å². The number of epoxide rings is 1. The summed E-state index contributed by atoms with van der Waals surface area (Å²) in [6.07, 6.45) is 0.324. The van der Waals surface area contributed by atoms with Gasteiger partial charge in [-0.3, -0.25) is 4.79 Å². The second-order valence-electron chi connectivity index (χ2n) is 4.19. The van der Waals surface area contributed by atoms with E-state index >= 15 is 0 Å². The Morgan fingerprint density at radius 2 is 2.27 bits per heavy atom. The molecule has 0 aromatic heterocycles. The van der Waals surface area contributed by atoms with Crippen molar-refractivity contribution in [3.8, 4) is 0 Å². The summed E-state index contributed by atoms with van der Waals surface area (Å²) in [6, 6.07) is 0. The quantitative estimate of drug-likeness (QED) is 0.495. The molecule has 0 spiro atoms. The summed E-state index contributed by atoms with van der Waals surface area (Å²) >= 11 is 0. The number of Topliss-reactive ketones (excluding diaryl/α,β-unsaturated/α-hetero) is 1. The summed E-state index contributed by atoms with van der Waals surface area (Å²) in [4.78, 5) is 11.6. The predicted octanol–water partition coefficient (Wildman–Crippen LogP) is -0.0491. The molecule has 0 aromatic carbocycles. The minimum Gasteiger partial charge on any atom is -0.386 e. The van der Waals surface area contributed by atoms with Crippen molar-refractivity contribution in [2.75, 3.05) is 0 Å². The molecule has 4 heteroatoms. The van der Waals surface area contributed by atoms with Crippen LogP contribution in [0.25, 0.3) is 0 Å². The van der Waals surface area contributed by atoms with Crippen LogP contribution in [0.3, 0.4) is 0 Å². The lowest BCUT2D eigenvalue weighted by molar-refractivity contribution is -0.117. The molecule has 1 saturated heterocycles. The van der Waals surface area contributed by atoms with Crippen LogP contribution in [-0.2, 0) is 9.53 Å². The first-order chi connectivity index (χ1) is 7.00. The van der Waals surface area contributed by atoms with Gasteiger partial charge in [0, 0.05) is 5.57 Å². The van der Waals surface area contributed by atoms with Gasteiger partial charge in [0.05, 0.1) is 0 Å². The van der Waals surface area contributed by atoms with Gasteiger partial charge in [-0.2, -0.15) is 0 Å². The van der Waals surface area contributed by atoms with Crippen molar-refractivity contribution in [2.24, 2.45) is 0 Å². The Balaban J connectivity index is 2.21. The summed E-state index contributed by atoms with van der Waals surface area (Å²) in [5.41, 5.74) is 1.16. The summed E-state index contributed by atoms with van der Waals surface area (Å²) < 4.78 is 5.00. The number of carbonyl (C=O) groups excluding carboxylic acids is 1. The number of fused-ring (bicyclic) bond motifs is 1. The molecule has 0 saturated carbocycles. The van der Waals surface area contributed by atoms with E-state index in [1.54, 1.807) is 6.08 Å². The van der Waals surface area contributed by atoms with E-state index in [1.165, 1.54) is 6.08 Å². The summed E-state index contributed by atoms with van der Waals surface area (Å²) in [6.45, 7) is 3.67. The maximum Gasteiger partial charge on any atom is 0.193 e. The van der Waals surface area contributed by atoms with E-state index in [0.717, 1.165) is 5.57 Å². The maximum absolute atomic E-state index is 11.6. The van der Waals surface area contributed by atoms with E-state index < -0.39 is 18.3 Å². The van der Waals surface area contributed by atoms with Gasteiger partial charge < -0.3 is 14.9 Å². The van der Waals surface area contributed by atoms with Crippen LogP contribution in [-0.4, -0.2) is 40.4 Å². The van der Waals surface area contributed by atoms with Gasteiger partial charge in [-0.25, -0.2) is 0 Å². The molecule has 1 fully saturated rings. The van der Waals surface area contributed by atoms with Gasteiger partial charge in [0.2, 0.25) is 0 Å². The van der Waals surface area contributed by atoms with Crippen molar-refractivity contribution in [3.05, 3.63) is 23.3 Å². The molecular formula is C11H14O4. The van der Waals surface area contributed by atoms with Crippen molar-refractivity contribution >= 4 is 5.78 Å². The van der Waals surface area contributed by atoms with E-state index in [4.69, 9.17) is 4.74 Å². The molecule has 0 radical (unpaired) electrons. The highest BCUT2D eigenvalue weighted by Gasteiger charge is 2.53. The molecule has 1 heterocycles. The number of rotatable bonds is 2. The van der Waals surface area contributed by atoms with Gasteiger partial charge in [0.1, 0.15) is 24.4 Å². The topological polar surface area (TPSA) is 70.1 Å². The number of hydrogen-bond donors (Lipinski definition) is 2. The van der Waals surface area contributed by atoms with E-state index in [2.05, 4.69) is 0 Å². The lowest BCUT2D eigenvalue weighted by atomic mass is 9.92. The molecule has 4 atom stereocenters. The largest absolute Gasteiger partial charge is 0.386 e. The van der Waals surface area contributed by atoms with Gasteiger partial charge in [-0.1, -0.05) is 11.6 Å². The first-order valence-corrected chi connectivity index (χ1v) is 4.93. The SMILES string of the molecule is CC(C)=CC(O)C1=C[C@@H](O)[C@@H]2O[C@@H]2C1=O. The number of ether oxygens (including phenoxy) is 1. The predicted molar refractivity (Wildman–Crippen MR) is 53.2 cm³/mol. The van der Waals surface area contributed by atoms with Gasteiger partial charge in [-0.05, 0) is 19.9 Å². The minimum absolute atomic E-state index is 0.213. The maximum atomic E-state index is 11.6. The third-order valence-electron chi connectivity index (χ3n) is 2.57. The number of ketones is 1. The highest BCUT2D eigenvalue weighted by molar-refractivity contribution is 6.03. The Morgan fingerprint density at radius 3 is 2.87 bits per heavy atom. The Kier molecular flexibility index (Phi) is 2.50. The Hall–Kier alpha value is -0.970. The van der Waals surface area contributed by atoms with Crippen molar-refractivity contribution in [3.63, 3.8) is 0 Å². The van der Waals surface area contributed by atoms with E-state index in [-0.39, 0.29) is 17.5 Å². The van der Waals surface area contributed by atoms with Crippen LogP contribution in [0.15, 0.2) is 23.3 Å². The molecule has 1 aliphatic heterocycles. The van der Waals surface area contributed by atoms with Crippen LogP contribution in [0.1, 0.15) is 13.8 Å². The van der Waals surface area contributed by atoms with Crippen LogP contribution in [0, 0.1) is 0 Å². The van der Waals surface area contributed by atoms with Crippen molar-refractivity contribution < 1.29 is 19.7 Å². The fraction of sp³-hybridized carbons (Fsp3) is 0.545. The van der Waals surface area contributed by atoms with E-state index in [9.17, 15) is 15.0 Å². The smallest absolute Gasteiger partial charge is 0.193 e. The first kappa shape index (κ1) is 10.5. The minimum atomic E-state index is -0.942. The Bertz CT molecular complexity index is 352. The average Bonchev–Trinajstić information content (AvgIpc) is 2.89. The number of hydrogen-bond acceptors (Lipinski definition) is 4. The fourth-order valence-electron chi connectivity index (χ4n) is 1.77. The Labute approximate surface area is 87.9 Å². The lowest BCUT2D eigenvalue weighted by Gasteiger charge is -2.15. The monoisotopic (exact) mass is 210 g/mol. The second kappa shape index (κ2) is 3.56. The van der Waals surface area contributed by atoms with Gasteiger partial charge in [0.25, 0.3) is 0 Å². The lowest BCUT2D eigenvalue weighted by Crippen LogP contribution is -2.31. The molecular weight excluding hydrogens is 196 g/mol. The van der Waals surface area contributed by atoms with Gasteiger partial charge in [0.15, 0.2) is 5.78 Å². The normalized spacial score (nSPS) is 35.3. The first-order valence-electron chi connectivity index (χ1n) is 4.93. The highest BCUT2D eigenvalue weighted by Crippen LogP contribution is 2.35. The van der Waals surface area contributed by atoms with Gasteiger partial charge >= 0.3 is 0 Å². The summed E-state index contributed by atoms with van der Waals surface area (Å²) in [7, 11) is 0. The van der Waals surface area contributed by atoms with Crippen molar-refractivity contribution in [2.45, 2.75) is 38.3 Å². The van der Waals surface area contributed by atoms with Gasteiger partial charge in [-0.15, -0.1) is 0 Å². The molecule has 2 N–H and O–H groups in total. The number of carbonyl (C=O) groups is 1. The molecule has 1 unspecified atom stereocenters. The van der Waals surface area contributed by atoms with E-state index in [0.29, 0.717) is 0 Å². The second-order valence-corrected chi connectivity index (χ2v) is 4.19. The third-order valence-corrected chi connectivity index (χ3v) is 2.57. The summed E-state index contributed by atoms with van der Waals surface area (Å²) in [5.74, 6) is -0.213. The zero-order valence-electron chi connectivity index (χ0n) is 8.68. The molecule has 4 nitrogen and oxygen atoms in total. The molecule has 2 aliphatic rings. The number of allylic oxidation sites excluding steroid dienone is 1. The summed E-state index contributed by atoms with van der Waals surface area (Å²) in [5, 5.41) is 19.2. The highest BCUT2D eigenvalue weighted by atomic mass is 16.6. The Morgan fingerprint density at radius 1 is 1.60 bits per heavy atom. The van der Waals surface area contributed by atoms with Crippen LogP contribution in [0.4, 0.5) is 0 Å². The fourth-order valence-corrected chi connectivity index (χ4v) is 1.77. The van der Waals surface area contributed by atoms with Crippen LogP contribution in [0.2, 0.25) is 0 Å². The number of aliphatic hydroxyl groups excluding tert-OH is 2. The molecule has 0 amide bonds. The van der Waals surface area contributed by atoms with Crippen LogP contribution in [0.5, 0.6) is 0 Å². The van der Waals surface area contributed by atoms with Crippen LogP contribution >= 0.6 is 0 Å². The third kappa shape index (κ3) is 1.88. The van der Waals surface area contributed by atoms with Crippen molar-refractivity contribution in [1.29, 1.82) is 0 Å². The molecule has 0 aromatic rings. The zero-order chi connectivity index (χ0) is 11.2.